The number of hydrogen-bond donors (Lipinski definition) is 1. The highest BCUT2D eigenvalue weighted by Gasteiger charge is 2.27. The Morgan fingerprint density at radius 1 is 1.53 bits per heavy atom. The van der Waals surface area contributed by atoms with Crippen LogP contribution in [0, 0.1) is 5.92 Å². The maximum Gasteiger partial charge on any atom is 0.308 e. The molecule has 1 saturated carbocycles. The summed E-state index contributed by atoms with van der Waals surface area (Å²) in [4.78, 5) is 13.0. The molecular formula is C14H20ClNO2S. The van der Waals surface area contributed by atoms with E-state index in [4.69, 9.17) is 16.3 Å². The second-order valence-electron chi connectivity index (χ2n) is 4.90. The highest BCUT2D eigenvalue weighted by molar-refractivity contribution is 7.16. The fraction of sp³-hybridized carbons (Fsp3) is 0.643. The fourth-order valence-corrected chi connectivity index (χ4v) is 3.58. The molecule has 0 amide bonds. The summed E-state index contributed by atoms with van der Waals surface area (Å²) in [5, 5.41) is 3.52. The molecule has 5 heteroatoms. The third-order valence-corrected chi connectivity index (χ3v) is 4.72. The molecule has 1 aliphatic rings. The minimum absolute atomic E-state index is 0.0341. The molecule has 1 heterocycles. The van der Waals surface area contributed by atoms with Crippen LogP contribution in [0.5, 0.6) is 0 Å². The Bertz CT molecular complexity index is 421. The topological polar surface area (TPSA) is 38.3 Å². The molecule has 1 aromatic rings. The number of esters is 1. The van der Waals surface area contributed by atoms with Crippen molar-refractivity contribution < 1.29 is 9.53 Å². The summed E-state index contributed by atoms with van der Waals surface area (Å²) in [7, 11) is 0. The number of thiophene rings is 1. The summed E-state index contributed by atoms with van der Waals surface area (Å²) in [6, 6.07) is 4.38. The molecule has 0 aliphatic heterocycles. The van der Waals surface area contributed by atoms with Crippen LogP contribution in [0.1, 0.15) is 37.5 Å². The van der Waals surface area contributed by atoms with Crippen molar-refractivity contribution in [2.75, 3.05) is 6.61 Å². The predicted octanol–water partition coefficient (Wildman–Crippen LogP) is 3.61. The van der Waals surface area contributed by atoms with Crippen LogP contribution in [0.25, 0.3) is 0 Å². The van der Waals surface area contributed by atoms with Crippen molar-refractivity contribution >= 4 is 28.9 Å². The van der Waals surface area contributed by atoms with E-state index in [1.807, 2.05) is 19.1 Å². The quantitative estimate of drug-likeness (QED) is 0.844. The molecule has 3 nitrogen and oxygen atoms in total. The number of rotatable bonds is 5. The van der Waals surface area contributed by atoms with Crippen molar-refractivity contribution in [1.82, 2.24) is 5.32 Å². The first-order chi connectivity index (χ1) is 9.19. The van der Waals surface area contributed by atoms with Gasteiger partial charge in [-0.05, 0) is 38.3 Å². The standard InChI is InChI=1S/C14H20ClNO2S/c1-2-18-14(17)10-4-3-5-11(8-10)16-9-12-6-7-13(15)19-12/h6-7,10-11,16H,2-5,8-9H2,1H3. The van der Waals surface area contributed by atoms with Gasteiger partial charge in [-0.15, -0.1) is 11.3 Å². The Kier molecular flexibility index (Phi) is 5.67. The average molecular weight is 302 g/mol. The van der Waals surface area contributed by atoms with Crippen molar-refractivity contribution in [2.45, 2.75) is 45.2 Å². The van der Waals surface area contributed by atoms with Gasteiger partial charge in [0.25, 0.3) is 0 Å². The van der Waals surface area contributed by atoms with Gasteiger partial charge in [0.1, 0.15) is 0 Å². The van der Waals surface area contributed by atoms with Crippen LogP contribution in [0.2, 0.25) is 4.34 Å². The first-order valence-corrected chi connectivity index (χ1v) is 8.02. The van der Waals surface area contributed by atoms with Gasteiger partial charge in [0.15, 0.2) is 0 Å². The monoisotopic (exact) mass is 301 g/mol. The largest absolute Gasteiger partial charge is 0.466 e. The Labute approximate surface area is 123 Å². The van der Waals surface area contributed by atoms with E-state index in [2.05, 4.69) is 5.32 Å². The summed E-state index contributed by atoms with van der Waals surface area (Å²) in [5.41, 5.74) is 0. The van der Waals surface area contributed by atoms with Crippen LogP contribution < -0.4 is 5.32 Å². The molecule has 1 aromatic heterocycles. The van der Waals surface area contributed by atoms with Crippen LogP contribution in [-0.2, 0) is 16.1 Å². The fourth-order valence-electron chi connectivity index (χ4n) is 2.54. The van der Waals surface area contributed by atoms with Crippen molar-refractivity contribution in [2.24, 2.45) is 5.92 Å². The molecule has 0 saturated heterocycles. The van der Waals surface area contributed by atoms with Gasteiger partial charge in [-0.25, -0.2) is 0 Å². The minimum atomic E-state index is -0.0341. The minimum Gasteiger partial charge on any atom is -0.466 e. The van der Waals surface area contributed by atoms with Crippen molar-refractivity contribution in [1.29, 1.82) is 0 Å². The molecule has 0 radical (unpaired) electrons. The van der Waals surface area contributed by atoms with E-state index in [0.29, 0.717) is 12.6 Å². The molecule has 2 rings (SSSR count). The van der Waals surface area contributed by atoms with Crippen molar-refractivity contribution in [3.8, 4) is 0 Å². The van der Waals surface area contributed by atoms with Crippen LogP contribution in [0.3, 0.4) is 0 Å². The highest BCUT2D eigenvalue weighted by atomic mass is 35.5. The van der Waals surface area contributed by atoms with Gasteiger partial charge in [0.2, 0.25) is 0 Å². The van der Waals surface area contributed by atoms with E-state index in [-0.39, 0.29) is 11.9 Å². The van der Waals surface area contributed by atoms with Crippen molar-refractivity contribution in [3.63, 3.8) is 0 Å². The van der Waals surface area contributed by atoms with E-state index in [9.17, 15) is 4.79 Å². The van der Waals surface area contributed by atoms with E-state index >= 15 is 0 Å². The maximum atomic E-state index is 11.8. The van der Waals surface area contributed by atoms with E-state index in [1.54, 1.807) is 11.3 Å². The van der Waals surface area contributed by atoms with Gasteiger partial charge >= 0.3 is 5.97 Å². The van der Waals surface area contributed by atoms with Crippen LogP contribution >= 0.6 is 22.9 Å². The Hall–Kier alpha value is -0.580. The normalized spacial score (nSPS) is 23.3. The second kappa shape index (κ2) is 7.27. The molecule has 0 aromatic carbocycles. The zero-order valence-electron chi connectivity index (χ0n) is 11.2. The van der Waals surface area contributed by atoms with Crippen LogP contribution in [0.4, 0.5) is 0 Å². The van der Waals surface area contributed by atoms with Gasteiger partial charge < -0.3 is 10.1 Å². The Balaban J connectivity index is 1.79. The molecule has 2 atom stereocenters. The number of nitrogens with one attached hydrogen (secondary N) is 1. The van der Waals surface area contributed by atoms with Gasteiger partial charge in [-0.1, -0.05) is 18.0 Å². The molecule has 106 valence electrons. The lowest BCUT2D eigenvalue weighted by Gasteiger charge is -2.28. The maximum absolute atomic E-state index is 11.8. The van der Waals surface area contributed by atoms with Crippen LogP contribution in [-0.4, -0.2) is 18.6 Å². The zero-order valence-corrected chi connectivity index (χ0v) is 12.7. The van der Waals surface area contributed by atoms with Crippen molar-refractivity contribution in [3.05, 3.63) is 21.3 Å². The molecule has 1 fully saturated rings. The molecular weight excluding hydrogens is 282 g/mol. The summed E-state index contributed by atoms with van der Waals surface area (Å²) >= 11 is 7.51. The van der Waals surface area contributed by atoms with Gasteiger partial charge in [-0.3, -0.25) is 4.79 Å². The van der Waals surface area contributed by atoms with Gasteiger partial charge in [-0.2, -0.15) is 0 Å². The third-order valence-electron chi connectivity index (χ3n) is 3.49. The smallest absolute Gasteiger partial charge is 0.308 e. The SMILES string of the molecule is CCOC(=O)C1CCCC(NCc2ccc(Cl)s2)C1. The lowest BCUT2D eigenvalue weighted by molar-refractivity contribution is -0.149. The lowest BCUT2D eigenvalue weighted by atomic mass is 9.86. The number of carbonyl (C=O) groups is 1. The first kappa shape index (κ1) is 14.8. The third kappa shape index (κ3) is 4.48. The summed E-state index contributed by atoms with van der Waals surface area (Å²) in [6.07, 6.45) is 4.07. The highest BCUT2D eigenvalue weighted by Crippen LogP contribution is 2.26. The first-order valence-electron chi connectivity index (χ1n) is 6.83. The number of hydrogen-bond acceptors (Lipinski definition) is 4. The average Bonchev–Trinajstić information content (AvgIpc) is 2.83. The Morgan fingerprint density at radius 3 is 3.05 bits per heavy atom. The molecule has 0 bridgehead atoms. The number of halogens is 1. The molecule has 2 unspecified atom stereocenters. The Morgan fingerprint density at radius 2 is 2.37 bits per heavy atom. The van der Waals surface area contributed by atoms with Gasteiger partial charge in [0, 0.05) is 17.5 Å². The van der Waals surface area contributed by atoms with E-state index in [0.717, 1.165) is 36.6 Å². The molecule has 0 spiro atoms. The number of ether oxygens (including phenoxy) is 1. The number of carbonyl (C=O) groups excluding carboxylic acids is 1. The molecule has 1 aliphatic carbocycles. The summed E-state index contributed by atoms with van der Waals surface area (Å²) < 4.78 is 5.94. The molecule has 1 N–H and O–H groups in total. The molecule has 19 heavy (non-hydrogen) atoms. The summed E-state index contributed by atoms with van der Waals surface area (Å²) in [5.74, 6) is 0.0336. The zero-order chi connectivity index (χ0) is 13.7. The van der Waals surface area contributed by atoms with Crippen LogP contribution in [0.15, 0.2) is 12.1 Å². The van der Waals surface area contributed by atoms with Gasteiger partial charge in [0.05, 0.1) is 16.9 Å². The summed E-state index contributed by atoms with van der Waals surface area (Å²) in [6.45, 7) is 3.16. The second-order valence-corrected chi connectivity index (χ2v) is 6.70. The predicted molar refractivity (Wildman–Crippen MR) is 78.5 cm³/mol. The van der Waals surface area contributed by atoms with E-state index < -0.39 is 0 Å². The lowest BCUT2D eigenvalue weighted by Crippen LogP contribution is -2.36. The van der Waals surface area contributed by atoms with E-state index in [1.165, 1.54) is 4.88 Å².